The Bertz CT molecular complexity index is 1050. The van der Waals surface area contributed by atoms with Crippen LogP contribution in [0.3, 0.4) is 0 Å². The van der Waals surface area contributed by atoms with Crippen molar-refractivity contribution in [3.8, 4) is 0 Å². The minimum Gasteiger partial charge on any atom is -0.480 e. The average Bonchev–Trinajstić information content (AvgIpc) is 2.78. The fourth-order valence-corrected chi connectivity index (χ4v) is 4.76. The van der Waals surface area contributed by atoms with E-state index in [1.165, 1.54) is 6.08 Å². The summed E-state index contributed by atoms with van der Waals surface area (Å²) >= 11 is 0. The summed E-state index contributed by atoms with van der Waals surface area (Å²) in [6.45, 7) is 3.55. The molecule has 34 heavy (non-hydrogen) atoms. The molecule has 0 saturated carbocycles. The van der Waals surface area contributed by atoms with Crippen molar-refractivity contribution in [2.45, 2.75) is 32.5 Å². The summed E-state index contributed by atoms with van der Waals surface area (Å²) in [6, 6.07) is 6.09. The van der Waals surface area contributed by atoms with E-state index in [0.717, 1.165) is 15.3 Å². The molecule has 1 heterocycles. The summed E-state index contributed by atoms with van der Waals surface area (Å²) in [6.07, 6.45) is 8.09. The van der Waals surface area contributed by atoms with Gasteiger partial charge in [-0.25, -0.2) is 18.0 Å². The van der Waals surface area contributed by atoms with Gasteiger partial charge in [0.15, 0.2) is 0 Å². The van der Waals surface area contributed by atoms with Gasteiger partial charge in [0.25, 0.3) is 0 Å². The molecule has 1 fully saturated rings. The second-order valence-electron chi connectivity index (χ2n) is 7.72. The SMILES string of the molecule is C\C=C/C=C\C=C\S(=O)(=O)N1CC(C)C1C(=O)NC(CNC(=O)NCc1ccccc1)C(=O)O. The number of nitrogens with zero attached hydrogens (tertiary/aromatic N) is 1. The number of urea groups is 1. The van der Waals surface area contributed by atoms with E-state index >= 15 is 0 Å². The Morgan fingerprint density at radius 2 is 1.79 bits per heavy atom. The van der Waals surface area contributed by atoms with E-state index in [4.69, 9.17) is 0 Å². The van der Waals surface area contributed by atoms with Gasteiger partial charge >= 0.3 is 12.0 Å². The molecule has 1 aliphatic rings. The summed E-state index contributed by atoms with van der Waals surface area (Å²) in [5, 5.41) is 17.8. The number of sulfonamides is 1. The number of aliphatic carboxylic acids is 1. The molecule has 2 rings (SSSR count). The summed E-state index contributed by atoms with van der Waals surface area (Å²) < 4.78 is 26.1. The van der Waals surface area contributed by atoms with Crippen molar-refractivity contribution >= 4 is 27.9 Å². The summed E-state index contributed by atoms with van der Waals surface area (Å²) in [7, 11) is -3.86. The van der Waals surface area contributed by atoms with Crippen LogP contribution in [0.2, 0.25) is 0 Å². The maximum Gasteiger partial charge on any atom is 0.328 e. The maximum atomic E-state index is 12.7. The number of rotatable bonds is 11. The lowest BCUT2D eigenvalue weighted by molar-refractivity contribution is -0.143. The van der Waals surface area contributed by atoms with E-state index in [1.54, 1.807) is 31.2 Å². The number of amides is 3. The molecule has 10 nitrogen and oxygen atoms in total. The quantitative estimate of drug-likeness (QED) is 0.345. The molecule has 0 aliphatic carbocycles. The van der Waals surface area contributed by atoms with Crippen LogP contribution in [0.15, 0.2) is 66.1 Å². The van der Waals surface area contributed by atoms with Gasteiger partial charge in [-0.3, -0.25) is 4.79 Å². The highest BCUT2D eigenvalue weighted by Gasteiger charge is 2.47. The Morgan fingerprint density at radius 3 is 2.41 bits per heavy atom. The molecule has 4 N–H and O–H groups in total. The molecule has 3 amide bonds. The molecule has 0 bridgehead atoms. The molecule has 0 spiro atoms. The highest BCUT2D eigenvalue weighted by molar-refractivity contribution is 7.92. The van der Waals surface area contributed by atoms with Crippen LogP contribution in [-0.4, -0.2) is 60.9 Å². The number of carboxylic acids is 1. The van der Waals surface area contributed by atoms with Crippen LogP contribution in [0.1, 0.15) is 19.4 Å². The zero-order valence-electron chi connectivity index (χ0n) is 19.0. The van der Waals surface area contributed by atoms with Crippen molar-refractivity contribution in [2.75, 3.05) is 13.1 Å². The monoisotopic (exact) mass is 490 g/mol. The molecular formula is C23H30N4O6S. The van der Waals surface area contributed by atoms with Gasteiger partial charge in [-0.15, -0.1) is 0 Å². The van der Waals surface area contributed by atoms with Crippen LogP contribution < -0.4 is 16.0 Å². The van der Waals surface area contributed by atoms with Crippen molar-refractivity contribution < 1.29 is 27.9 Å². The minimum atomic E-state index is -3.86. The molecule has 0 aromatic heterocycles. The highest BCUT2D eigenvalue weighted by atomic mass is 32.2. The van der Waals surface area contributed by atoms with Crippen molar-refractivity contribution in [1.82, 2.24) is 20.3 Å². The Kier molecular flexibility index (Phi) is 10.0. The van der Waals surface area contributed by atoms with E-state index < -0.39 is 40.0 Å². The topological polar surface area (TPSA) is 145 Å². The first-order valence-electron chi connectivity index (χ1n) is 10.7. The first kappa shape index (κ1) is 26.8. The molecule has 184 valence electrons. The molecule has 1 saturated heterocycles. The van der Waals surface area contributed by atoms with Gasteiger partial charge in [0, 0.05) is 18.5 Å². The van der Waals surface area contributed by atoms with Gasteiger partial charge in [0.2, 0.25) is 15.9 Å². The standard InChI is InChI=1S/C23H30N4O6S/c1-3-4-5-6-10-13-34(32,33)27-16-17(2)20(27)21(28)26-19(22(29)30)15-25-23(31)24-14-18-11-8-7-9-12-18/h3-13,17,19-20H,14-16H2,1-2H3,(H,26,28)(H,29,30)(H2,24,25,31)/b4-3-,6-5-,13-10+. The number of nitrogens with one attached hydrogen (secondary N) is 3. The Morgan fingerprint density at radius 1 is 1.12 bits per heavy atom. The number of benzene rings is 1. The van der Waals surface area contributed by atoms with E-state index in [2.05, 4.69) is 16.0 Å². The van der Waals surface area contributed by atoms with Gasteiger partial charge in [0.05, 0.1) is 6.54 Å². The lowest BCUT2D eigenvalue weighted by atomic mass is 9.93. The van der Waals surface area contributed by atoms with Crippen LogP contribution in [0.4, 0.5) is 4.79 Å². The van der Waals surface area contributed by atoms with E-state index in [1.807, 2.05) is 37.3 Å². The van der Waals surface area contributed by atoms with Gasteiger partial charge in [-0.2, -0.15) is 4.31 Å². The molecule has 1 aliphatic heterocycles. The van der Waals surface area contributed by atoms with Crippen molar-refractivity contribution in [1.29, 1.82) is 0 Å². The second kappa shape index (κ2) is 12.7. The normalized spacial score (nSPS) is 19.7. The predicted octanol–water partition coefficient (Wildman–Crippen LogP) is 1.35. The molecule has 1 aromatic carbocycles. The summed E-state index contributed by atoms with van der Waals surface area (Å²) in [4.78, 5) is 36.3. The van der Waals surface area contributed by atoms with E-state index in [9.17, 15) is 27.9 Å². The summed E-state index contributed by atoms with van der Waals surface area (Å²) in [5.74, 6) is -2.38. The number of carbonyl (C=O) groups excluding carboxylic acids is 2. The number of hydrogen-bond donors (Lipinski definition) is 4. The predicted molar refractivity (Wildman–Crippen MR) is 128 cm³/mol. The highest BCUT2D eigenvalue weighted by Crippen LogP contribution is 2.28. The molecule has 0 radical (unpaired) electrons. The first-order chi connectivity index (χ1) is 16.2. The van der Waals surface area contributed by atoms with Crippen LogP contribution in [-0.2, 0) is 26.2 Å². The third-order valence-corrected chi connectivity index (χ3v) is 6.60. The third kappa shape index (κ3) is 7.85. The summed E-state index contributed by atoms with van der Waals surface area (Å²) in [5.41, 5.74) is 0.868. The zero-order valence-corrected chi connectivity index (χ0v) is 19.9. The van der Waals surface area contributed by atoms with Crippen molar-refractivity contribution in [2.24, 2.45) is 5.92 Å². The largest absolute Gasteiger partial charge is 0.480 e. The lowest BCUT2D eigenvalue weighted by Gasteiger charge is -2.43. The molecule has 11 heteroatoms. The van der Waals surface area contributed by atoms with Crippen LogP contribution in [0, 0.1) is 5.92 Å². The third-order valence-electron chi connectivity index (χ3n) is 5.07. The number of carboxylic acid groups (broad SMARTS) is 1. The zero-order chi connectivity index (χ0) is 25.1. The lowest BCUT2D eigenvalue weighted by Crippen LogP contribution is -2.65. The Labute approximate surface area is 199 Å². The number of carbonyl (C=O) groups is 3. The maximum absolute atomic E-state index is 12.7. The fraction of sp³-hybridized carbons (Fsp3) is 0.348. The molecule has 3 atom stereocenters. The fourth-order valence-electron chi connectivity index (χ4n) is 3.25. The van der Waals surface area contributed by atoms with Crippen LogP contribution in [0.25, 0.3) is 0 Å². The molecule has 3 unspecified atom stereocenters. The Balaban J connectivity index is 1.93. The second-order valence-corrected chi connectivity index (χ2v) is 9.50. The van der Waals surface area contributed by atoms with Gasteiger partial charge in [0.1, 0.15) is 12.1 Å². The smallest absolute Gasteiger partial charge is 0.328 e. The van der Waals surface area contributed by atoms with Crippen molar-refractivity contribution in [3.63, 3.8) is 0 Å². The van der Waals surface area contributed by atoms with E-state index in [0.29, 0.717) is 0 Å². The Hall–Kier alpha value is -3.44. The minimum absolute atomic E-state index is 0.140. The average molecular weight is 491 g/mol. The number of hydrogen-bond acceptors (Lipinski definition) is 5. The van der Waals surface area contributed by atoms with Gasteiger partial charge in [-0.05, 0) is 24.5 Å². The van der Waals surface area contributed by atoms with Crippen LogP contribution >= 0.6 is 0 Å². The molecule has 1 aromatic rings. The molecular weight excluding hydrogens is 460 g/mol. The van der Waals surface area contributed by atoms with Crippen molar-refractivity contribution in [3.05, 3.63) is 71.7 Å². The van der Waals surface area contributed by atoms with Gasteiger partial charge < -0.3 is 21.1 Å². The van der Waals surface area contributed by atoms with E-state index in [-0.39, 0.29) is 25.6 Å². The van der Waals surface area contributed by atoms with Crippen LogP contribution in [0.5, 0.6) is 0 Å². The first-order valence-corrected chi connectivity index (χ1v) is 12.2. The number of allylic oxidation sites excluding steroid dienone is 5. The van der Waals surface area contributed by atoms with Gasteiger partial charge in [-0.1, -0.05) is 61.6 Å².